The van der Waals surface area contributed by atoms with E-state index in [-0.39, 0.29) is 12.3 Å². The molecule has 0 aromatic heterocycles. The molecule has 2 aromatic carbocycles. The smallest absolute Gasteiger partial charge is 0.319 e. The van der Waals surface area contributed by atoms with Crippen molar-refractivity contribution >= 4 is 29.3 Å². The number of nitrogens with one attached hydrogen (secondary N) is 1. The molecule has 1 fully saturated rings. The van der Waals surface area contributed by atoms with Crippen molar-refractivity contribution in [2.24, 2.45) is 0 Å². The zero-order valence-electron chi connectivity index (χ0n) is 15.3. The first-order valence-electron chi connectivity index (χ1n) is 8.93. The van der Waals surface area contributed by atoms with Gasteiger partial charge < -0.3 is 5.32 Å². The predicted octanol–water partition coefficient (Wildman–Crippen LogP) is 3.94. The first-order valence-corrected chi connectivity index (χ1v) is 9.31. The topological polar surface area (TPSA) is 66.5 Å². The number of amides is 3. The fraction of sp³-hybridized carbons (Fsp3) is 0.286. The molecule has 5 nitrogen and oxygen atoms in total. The minimum absolute atomic E-state index is 0.274. The Balaban J connectivity index is 1.84. The van der Waals surface area contributed by atoms with Gasteiger partial charge in [0.15, 0.2) is 5.78 Å². The van der Waals surface area contributed by atoms with E-state index in [2.05, 4.69) is 5.32 Å². The zero-order valence-corrected chi connectivity index (χ0v) is 16.0. The third-order valence-corrected chi connectivity index (χ3v) is 5.28. The van der Waals surface area contributed by atoms with Crippen molar-refractivity contribution in [3.63, 3.8) is 0 Å². The maximum atomic E-state index is 13.1. The van der Waals surface area contributed by atoms with Gasteiger partial charge in [0.1, 0.15) is 5.54 Å². The molecule has 3 rings (SSSR count). The van der Waals surface area contributed by atoms with Gasteiger partial charge in [0, 0.05) is 10.6 Å². The van der Waals surface area contributed by atoms with Gasteiger partial charge in [-0.05, 0) is 36.1 Å². The number of hydrogen-bond acceptors (Lipinski definition) is 3. The fourth-order valence-electron chi connectivity index (χ4n) is 3.30. The molecule has 1 atom stereocenters. The lowest BCUT2D eigenvalue weighted by molar-refractivity contribution is -0.131. The second kappa shape index (κ2) is 7.53. The standard InChI is InChI=1S/C21H21ClN2O3/c1-3-14-5-7-15(8-6-14)18(25)13-24-19(26)21(4-2,23-20(24)27)16-9-11-17(22)12-10-16/h5-12H,3-4,13H2,1-2H3,(H,23,27)/t21-/m1/s1. The van der Waals surface area contributed by atoms with Crippen molar-refractivity contribution in [2.45, 2.75) is 32.2 Å². The van der Waals surface area contributed by atoms with Crippen molar-refractivity contribution in [2.75, 3.05) is 6.54 Å². The van der Waals surface area contributed by atoms with Gasteiger partial charge in [-0.3, -0.25) is 14.5 Å². The van der Waals surface area contributed by atoms with Gasteiger partial charge in [-0.1, -0.05) is 61.8 Å². The molecule has 0 bridgehead atoms. The molecule has 2 aromatic rings. The Morgan fingerprint density at radius 1 is 1.04 bits per heavy atom. The third-order valence-electron chi connectivity index (χ3n) is 5.03. The highest BCUT2D eigenvalue weighted by molar-refractivity contribution is 6.30. The molecule has 3 amide bonds. The Kier molecular flexibility index (Phi) is 5.33. The SMILES string of the molecule is CCc1ccc(C(=O)CN2C(=O)N[C@](CC)(c3ccc(Cl)cc3)C2=O)cc1. The normalized spacial score (nSPS) is 19.3. The molecule has 0 unspecified atom stereocenters. The van der Waals surface area contributed by atoms with E-state index in [1.165, 1.54) is 0 Å². The molecular formula is C21H21ClN2O3. The summed E-state index contributed by atoms with van der Waals surface area (Å²) in [5.74, 6) is -0.694. The zero-order chi connectivity index (χ0) is 19.6. The summed E-state index contributed by atoms with van der Waals surface area (Å²) in [6, 6.07) is 13.4. The van der Waals surface area contributed by atoms with Crippen LogP contribution in [0, 0.1) is 0 Å². The lowest BCUT2D eigenvalue weighted by atomic mass is 9.87. The van der Waals surface area contributed by atoms with Crippen LogP contribution in [-0.4, -0.2) is 29.2 Å². The first-order chi connectivity index (χ1) is 12.9. The van der Waals surface area contributed by atoms with Crippen LogP contribution in [0.1, 0.15) is 41.8 Å². The maximum Gasteiger partial charge on any atom is 0.325 e. The van der Waals surface area contributed by atoms with Crippen LogP contribution in [0.3, 0.4) is 0 Å². The molecule has 0 saturated carbocycles. The van der Waals surface area contributed by atoms with Crippen LogP contribution in [0.5, 0.6) is 0 Å². The van der Waals surface area contributed by atoms with E-state index in [9.17, 15) is 14.4 Å². The quantitative estimate of drug-likeness (QED) is 0.606. The summed E-state index contributed by atoms with van der Waals surface area (Å²) < 4.78 is 0. The Morgan fingerprint density at radius 2 is 1.67 bits per heavy atom. The summed E-state index contributed by atoms with van der Waals surface area (Å²) in [6.07, 6.45) is 1.25. The molecule has 27 heavy (non-hydrogen) atoms. The lowest BCUT2D eigenvalue weighted by Gasteiger charge is -2.25. The summed E-state index contributed by atoms with van der Waals surface area (Å²) in [7, 11) is 0. The van der Waals surface area contributed by atoms with E-state index >= 15 is 0 Å². The summed E-state index contributed by atoms with van der Waals surface area (Å²) in [4.78, 5) is 39.1. The van der Waals surface area contributed by atoms with Crippen LogP contribution >= 0.6 is 11.6 Å². The van der Waals surface area contributed by atoms with Gasteiger partial charge in [0.2, 0.25) is 0 Å². The van der Waals surface area contributed by atoms with Gasteiger partial charge in [-0.2, -0.15) is 0 Å². The third kappa shape index (κ3) is 3.47. The second-order valence-corrected chi connectivity index (χ2v) is 7.00. The van der Waals surface area contributed by atoms with Crippen LogP contribution in [0.4, 0.5) is 4.79 Å². The van der Waals surface area contributed by atoms with Gasteiger partial charge in [-0.25, -0.2) is 4.79 Å². The summed E-state index contributed by atoms with van der Waals surface area (Å²) in [5.41, 5.74) is 1.08. The molecule has 6 heteroatoms. The highest BCUT2D eigenvalue weighted by Gasteiger charge is 2.51. The molecule has 0 spiro atoms. The number of carbonyl (C=O) groups excluding carboxylic acids is 3. The van der Waals surface area contributed by atoms with Crippen molar-refractivity contribution < 1.29 is 14.4 Å². The molecular weight excluding hydrogens is 364 g/mol. The average Bonchev–Trinajstić information content (AvgIpc) is 2.93. The number of halogens is 1. The summed E-state index contributed by atoms with van der Waals surface area (Å²) in [5, 5.41) is 3.32. The van der Waals surface area contributed by atoms with Crippen LogP contribution in [-0.2, 0) is 16.8 Å². The molecule has 1 aliphatic heterocycles. The van der Waals surface area contributed by atoms with Crippen molar-refractivity contribution in [3.05, 3.63) is 70.2 Å². The number of benzene rings is 2. The predicted molar refractivity (Wildman–Crippen MR) is 104 cm³/mol. The summed E-state index contributed by atoms with van der Waals surface area (Å²) >= 11 is 5.93. The molecule has 1 aliphatic rings. The van der Waals surface area contributed by atoms with E-state index < -0.39 is 17.5 Å². The van der Waals surface area contributed by atoms with Crippen LogP contribution in [0.25, 0.3) is 0 Å². The summed E-state index contributed by atoms with van der Waals surface area (Å²) in [6.45, 7) is 3.57. The second-order valence-electron chi connectivity index (χ2n) is 6.56. The van der Waals surface area contributed by atoms with E-state index in [0.29, 0.717) is 22.6 Å². The average molecular weight is 385 g/mol. The van der Waals surface area contributed by atoms with E-state index in [1.54, 1.807) is 36.4 Å². The van der Waals surface area contributed by atoms with Crippen LogP contribution in [0.2, 0.25) is 5.02 Å². The Bertz CT molecular complexity index is 877. The number of nitrogens with zero attached hydrogens (tertiary/aromatic N) is 1. The van der Waals surface area contributed by atoms with Crippen LogP contribution < -0.4 is 5.32 Å². The van der Waals surface area contributed by atoms with E-state index in [4.69, 9.17) is 11.6 Å². The van der Waals surface area contributed by atoms with Crippen molar-refractivity contribution in [1.29, 1.82) is 0 Å². The Morgan fingerprint density at radius 3 is 2.22 bits per heavy atom. The maximum absolute atomic E-state index is 13.1. The Hall–Kier alpha value is -2.66. The number of hydrogen-bond donors (Lipinski definition) is 1. The van der Waals surface area contributed by atoms with Gasteiger partial charge in [0.25, 0.3) is 5.91 Å². The van der Waals surface area contributed by atoms with Gasteiger partial charge >= 0.3 is 6.03 Å². The molecule has 1 saturated heterocycles. The number of rotatable bonds is 6. The molecule has 0 radical (unpaired) electrons. The minimum Gasteiger partial charge on any atom is -0.319 e. The monoisotopic (exact) mass is 384 g/mol. The highest BCUT2D eigenvalue weighted by Crippen LogP contribution is 2.33. The largest absolute Gasteiger partial charge is 0.325 e. The number of carbonyl (C=O) groups is 3. The molecule has 140 valence electrons. The molecule has 1 heterocycles. The number of aryl methyl sites for hydroxylation is 1. The number of Topliss-reactive ketones (excluding diaryl/α,β-unsaturated/α-hetero) is 1. The number of ketones is 1. The lowest BCUT2D eigenvalue weighted by Crippen LogP contribution is -2.43. The van der Waals surface area contributed by atoms with Gasteiger partial charge in [0.05, 0.1) is 6.54 Å². The van der Waals surface area contributed by atoms with E-state index in [0.717, 1.165) is 16.9 Å². The van der Waals surface area contributed by atoms with Crippen molar-refractivity contribution in [1.82, 2.24) is 10.2 Å². The highest BCUT2D eigenvalue weighted by atomic mass is 35.5. The Labute approximate surface area is 163 Å². The first kappa shape index (κ1) is 19.1. The van der Waals surface area contributed by atoms with Crippen LogP contribution in [0.15, 0.2) is 48.5 Å². The fourth-order valence-corrected chi connectivity index (χ4v) is 3.43. The van der Waals surface area contributed by atoms with Gasteiger partial charge in [-0.15, -0.1) is 0 Å². The number of imide groups is 1. The van der Waals surface area contributed by atoms with E-state index in [1.807, 2.05) is 26.0 Å². The molecule has 1 N–H and O–H groups in total. The number of urea groups is 1. The van der Waals surface area contributed by atoms with Crippen molar-refractivity contribution in [3.8, 4) is 0 Å². The minimum atomic E-state index is -1.17. The molecule has 0 aliphatic carbocycles.